The van der Waals surface area contributed by atoms with Crippen LogP contribution in [0.1, 0.15) is 18.7 Å². The number of hydrogen-bond acceptors (Lipinski definition) is 3. The number of para-hydroxylation sites is 1. The van der Waals surface area contributed by atoms with E-state index in [0.29, 0.717) is 10.6 Å². The Balaban J connectivity index is 1.73. The lowest BCUT2D eigenvalue weighted by molar-refractivity contribution is 0.514. The minimum absolute atomic E-state index is 0.631. The van der Waals surface area contributed by atoms with Crippen molar-refractivity contribution < 1.29 is 4.42 Å². The molecule has 1 aromatic heterocycles. The second-order valence-corrected chi connectivity index (χ2v) is 4.58. The summed E-state index contributed by atoms with van der Waals surface area (Å²) < 4.78 is 5.62. The Hall–Kier alpha value is -1.06. The molecule has 1 aliphatic carbocycles. The van der Waals surface area contributed by atoms with Gasteiger partial charge in [-0.15, -0.1) is 0 Å². The average Bonchev–Trinajstić information content (AvgIpc) is 2.98. The molecule has 0 amide bonds. The summed E-state index contributed by atoms with van der Waals surface area (Å²) in [5, 5.41) is 4.06. The molecule has 1 aliphatic rings. The molecule has 0 aliphatic heterocycles. The molecule has 1 saturated carbocycles. The van der Waals surface area contributed by atoms with Gasteiger partial charge in [-0.25, -0.2) is 4.98 Å². The van der Waals surface area contributed by atoms with Gasteiger partial charge < -0.3 is 9.73 Å². The van der Waals surface area contributed by atoms with E-state index in [4.69, 9.17) is 16.0 Å². The van der Waals surface area contributed by atoms with Gasteiger partial charge in [-0.05, 0) is 25.0 Å². The number of oxazole rings is 1. The van der Waals surface area contributed by atoms with Crippen molar-refractivity contribution in [2.45, 2.75) is 25.3 Å². The molecule has 16 heavy (non-hydrogen) atoms. The van der Waals surface area contributed by atoms with Crippen LogP contribution >= 0.6 is 11.6 Å². The van der Waals surface area contributed by atoms with Crippen molar-refractivity contribution in [2.24, 2.45) is 0 Å². The number of halogens is 1. The third-order valence-corrected chi connectivity index (χ3v) is 3.06. The van der Waals surface area contributed by atoms with Gasteiger partial charge in [0.15, 0.2) is 11.5 Å². The predicted octanol–water partition coefficient (Wildman–Crippen LogP) is 2.78. The summed E-state index contributed by atoms with van der Waals surface area (Å²) in [6, 6.07) is 6.36. The van der Waals surface area contributed by atoms with Gasteiger partial charge in [0.05, 0.1) is 5.02 Å². The van der Waals surface area contributed by atoms with Gasteiger partial charge in [0.1, 0.15) is 5.52 Å². The van der Waals surface area contributed by atoms with E-state index in [1.54, 1.807) is 0 Å². The Kier molecular flexibility index (Phi) is 2.58. The summed E-state index contributed by atoms with van der Waals surface area (Å²) in [5.41, 5.74) is 1.54. The highest BCUT2D eigenvalue weighted by Crippen LogP contribution is 2.24. The summed E-state index contributed by atoms with van der Waals surface area (Å²) in [6.45, 7) is 0.926. The average molecular weight is 237 g/mol. The first-order valence-corrected chi connectivity index (χ1v) is 5.98. The minimum atomic E-state index is 0.631. The molecule has 1 heterocycles. The van der Waals surface area contributed by atoms with Crippen molar-refractivity contribution in [3.63, 3.8) is 0 Å². The van der Waals surface area contributed by atoms with E-state index >= 15 is 0 Å². The lowest BCUT2D eigenvalue weighted by Gasteiger charge is -1.97. The van der Waals surface area contributed by atoms with E-state index in [9.17, 15) is 0 Å². The Morgan fingerprint density at radius 1 is 1.44 bits per heavy atom. The lowest BCUT2D eigenvalue weighted by atomic mass is 10.3. The first kappa shape index (κ1) is 10.1. The van der Waals surface area contributed by atoms with E-state index in [-0.39, 0.29) is 0 Å². The first-order chi connectivity index (χ1) is 7.83. The van der Waals surface area contributed by atoms with Gasteiger partial charge in [0, 0.05) is 19.0 Å². The predicted molar refractivity (Wildman–Crippen MR) is 63.7 cm³/mol. The van der Waals surface area contributed by atoms with Crippen LogP contribution in [-0.4, -0.2) is 17.6 Å². The maximum absolute atomic E-state index is 6.02. The van der Waals surface area contributed by atoms with Crippen molar-refractivity contribution in [3.8, 4) is 0 Å². The number of nitrogens with zero attached hydrogens (tertiary/aromatic N) is 1. The molecule has 3 nitrogen and oxygen atoms in total. The van der Waals surface area contributed by atoms with Crippen LogP contribution in [0.5, 0.6) is 0 Å². The van der Waals surface area contributed by atoms with Gasteiger partial charge in [-0.1, -0.05) is 17.7 Å². The largest absolute Gasteiger partial charge is 0.439 e. The zero-order valence-corrected chi connectivity index (χ0v) is 9.63. The zero-order chi connectivity index (χ0) is 11.0. The fourth-order valence-electron chi connectivity index (χ4n) is 1.74. The van der Waals surface area contributed by atoms with Crippen LogP contribution in [0, 0.1) is 0 Å². The Labute approximate surface area is 98.8 Å². The fraction of sp³-hybridized carbons (Fsp3) is 0.417. The van der Waals surface area contributed by atoms with Crippen LogP contribution in [-0.2, 0) is 6.42 Å². The Morgan fingerprint density at radius 3 is 3.06 bits per heavy atom. The Morgan fingerprint density at radius 2 is 2.31 bits per heavy atom. The summed E-state index contributed by atoms with van der Waals surface area (Å²) in [6.07, 6.45) is 3.43. The normalized spacial score (nSPS) is 15.8. The molecule has 1 fully saturated rings. The van der Waals surface area contributed by atoms with Crippen molar-refractivity contribution in [1.29, 1.82) is 0 Å². The zero-order valence-electron chi connectivity index (χ0n) is 8.87. The van der Waals surface area contributed by atoms with E-state index in [2.05, 4.69) is 10.3 Å². The molecule has 1 aromatic carbocycles. The SMILES string of the molecule is Clc1cccc2nc(CCNC3CC3)oc12. The molecule has 0 bridgehead atoms. The monoisotopic (exact) mass is 236 g/mol. The molecule has 0 spiro atoms. The molecule has 0 saturated heterocycles. The highest BCUT2D eigenvalue weighted by Gasteiger charge is 2.20. The molecule has 0 radical (unpaired) electrons. The van der Waals surface area contributed by atoms with Gasteiger partial charge in [0.2, 0.25) is 0 Å². The van der Waals surface area contributed by atoms with Crippen LogP contribution in [0.2, 0.25) is 5.02 Å². The van der Waals surface area contributed by atoms with Crippen LogP contribution in [0.4, 0.5) is 0 Å². The fourth-order valence-corrected chi connectivity index (χ4v) is 1.95. The summed E-state index contributed by atoms with van der Waals surface area (Å²) in [4.78, 5) is 4.40. The van der Waals surface area contributed by atoms with E-state index < -0.39 is 0 Å². The second kappa shape index (κ2) is 4.07. The Bertz CT molecular complexity index is 505. The van der Waals surface area contributed by atoms with Crippen LogP contribution in [0.25, 0.3) is 11.1 Å². The topological polar surface area (TPSA) is 38.1 Å². The lowest BCUT2D eigenvalue weighted by Crippen LogP contribution is -2.19. The van der Waals surface area contributed by atoms with E-state index in [1.807, 2.05) is 18.2 Å². The third-order valence-electron chi connectivity index (χ3n) is 2.76. The third kappa shape index (κ3) is 2.06. The number of rotatable bonds is 4. The van der Waals surface area contributed by atoms with Crippen molar-refractivity contribution >= 4 is 22.7 Å². The van der Waals surface area contributed by atoms with Crippen molar-refractivity contribution in [3.05, 3.63) is 29.1 Å². The number of aromatic nitrogens is 1. The van der Waals surface area contributed by atoms with Gasteiger partial charge in [0.25, 0.3) is 0 Å². The smallest absolute Gasteiger partial charge is 0.196 e. The maximum Gasteiger partial charge on any atom is 0.196 e. The molecular weight excluding hydrogens is 224 g/mol. The molecule has 0 atom stereocenters. The number of hydrogen-bond donors (Lipinski definition) is 1. The summed E-state index contributed by atoms with van der Waals surface area (Å²) in [5.74, 6) is 0.760. The van der Waals surface area contributed by atoms with E-state index in [0.717, 1.165) is 30.4 Å². The van der Waals surface area contributed by atoms with Crippen LogP contribution in [0.15, 0.2) is 22.6 Å². The number of fused-ring (bicyclic) bond motifs is 1. The van der Waals surface area contributed by atoms with Crippen molar-refractivity contribution in [1.82, 2.24) is 10.3 Å². The molecule has 84 valence electrons. The van der Waals surface area contributed by atoms with Gasteiger partial charge in [-0.2, -0.15) is 0 Å². The summed E-state index contributed by atoms with van der Waals surface area (Å²) in [7, 11) is 0. The van der Waals surface area contributed by atoms with Crippen molar-refractivity contribution in [2.75, 3.05) is 6.54 Å². The molecule has 2 aromatic rings. The number of benzene rings is 1. The van der Waals surface area contributed by atoms with Crippen LogP contribution in [0.3, 0.4) is 0 Å². The highest BCUT2D eigenvalue weighted by molar-refractivity contribution is 6.34. The molecule has 3 rings (SSSR count). The summed E-state index contributed by atoms with van der Waals surface area (Å²) >= 11 is 6.02. The molecule has 1 N–H and O–H groups in total. The molecular formula is C12H13ClN2O. The maximum atomic E-state index is 6.02. The van der Waals surface area contributed by atoms with Crippen LogP contribution < -0.4 is 5.32 Å². The standard InChI is InChI=1S/C12H13ClN2O/c13-9-2-1-3-10-12(9)16-11(15-10)6-7-14-8-4-5-8/h1-3,8,14H,4-7H2. The number of nitrogens with one attached hydrogen (secondary N) is 1. The second-order valence-electron chi connectivity index (χ2n) is 4.17. The van der Waals surface area contributed by atoms with Gasteiger partial charge in [-0.3, -0.25) is 0 Å². The minimum Gasteiger partial charge on any atom is -0.439 e. The molecule has 4 heteroatoms. The van der Waals surface area contributed by atoms with Gasteiger partial charge >= 0.3 is 0 Å². The quantitative estimate of drug-likeness (QED) is 0.887. The first-order valence-electron chi connectivity index (χ1n) is 5.60. The molecule has 0 unspecified atom stereocenters. The highest BCUT2D eigenvalue weighted by atomic mass is 35.5. The van der Waals surface area contributed by atoms with E-state index in [1.165, 1.54) is 12.8 Å².